The summed E-state index contributed by atoms with van der Waals surface area (Å²) in [4.78, 5) is 20.0. The Bertz CT molecular complexity index is 490. The summed E-state index contributed by atoms with van der Waals surface area (Å²) in [5, 5.41) is 3.30. The highest BCUT2D eigenvalue weighted by molar-refractivity contribution is 5.87. The summed E-state index contributed by atoms with van der Waals surface area (Å²) in [5.74, 6) is 0.226. The molecule has 0 spiro atoms. The molecule has 4 heteroatoms. The van der Waals surface area contributed by atoms with Gasteiger partial charge in [-0.2, -0.15) is 0 Å². The Morgan fingerprint density at radius 3 is 2.59 bits per heavy atom. The average molecular weight is 301 g/mol. The van der Waals surface area contributed by atoms with Gasteiger partial charge in [-0.25, -0.2) is 0 Å². The number of nitrogens with zero attached hydrogens (tertiary/aromatic N) is 2. The van der Waals surface area contributed by atoms with E-state index in [1.807, 2.05) is 18.2 Å². The number of amides is 1. The molecule has 1 aliphatic heterocycles. The normalized spacial score (nSPS) is 22.6. The van der Waals surface area contributed by atoms with Crippen molar-refractivity contribution in [3.8, 4) is 0 Å². The summed E-state index contributed by atoms with van der Waals surface area (Å²) >= 11 is 0. The molecule has 120 valence electrons. The van der Waals surface area contributed by atoms with Gasteiger partial charge < -0.3 is 5.32 Å². The van der Waals surface area contributed by atoms with Gasteiger partial charge in [0.15, 0.2) is 0 Å². The molecule has 2 fully saturated rings. The zero-order chi connectivity index (χ0) is 15.4. The topological polar surface area (TPSA) is 45.2 Å². The van der Waals surface area contributed by atoms with Crippen molar-refractivity contribution < 1.29 is 4.79 Å². The molecule has 1 saturated heterocycles. The van der Waals surface area contributed by atoms with Gasteiger partial charge >= 0.3 is 0 Å². The molecule has 1 unspecified atom stereocenters. The first-order valence-electron chi connectivity index (χ1n) is 8.73. The van der Waals surface area contributed by atoms with Crippen molar-refractivity contribution in [1.29, 1.82) is 0 Å². The smallest absolute Gasteiger partial charge is 0.241 e. The van der Waals surface area contributed by atoms with Crippen molar-refractivity contribution in [1.82, 2.24) is 15.2 Å². The molecule has 1 saturated carbocycles. The first kappa shape index (κ1) is 15.5. The second-order valence-corrected chi connectivity index (χ2v) is 6.62. The Morgan fingerprint density at radius 2 is 2.00 bits per heavy atom. The predicted molar refractivity (Wildman–Crippen MR) is 87.4 cm³/mol. The lowest BCUT2D eigenvalue weighted by atomic mass is 9.93. The van der Waals surface area contributed by atoms with E-state index in [0.29, 0.717) is 0 Å². The van der Waals surface area contributed by atoms with Gasteiger partial charge in [0.1, 0.15) is 5.54 Å². The van der Waals surface area contributed by atoms with Gasteiger partial charge in [0, 0.05) is 6.20 Å². The molecule has 1 aliphatic carbocycles. The minimum Gasteiger partial charge on any atom is -0.346 e. The van der Waals surface area contributed by atoms with Crippen LogP contribution in [-0.4, -0.2) is 34.4 Å². The lowest BCUT2D eigenvalue weighted by Gasteiger charge is -2.38. The van der Waals surface area contributed by atoms with Crippen molar-refractivity contribution in [2.45, 2.75) is 63.5 Å². The molecule has 0 aromatic carbocycles. The third kappa shape index (κ3) is 2.89. The molecule has 2 heterocycles. The highest BCUT2D eigenvalue weighted by Gasteiger charge is 2.47. The van der Waals surface area contributed by atoms with Gasteiger partial charge in [-0.05, 0) is 57.3 Å². The third-order valence-electron chi connectivity index (χ3n) is 5.32. The number of aromatic nitrogens is 1. The van der Waals surface area contributed by atoms with E-state index in [4.69, 9.17) is 0 Å². The van der Waals surface area contributed by atoms with Gasteiger partial charge in [0.25, 0.3) is 0 Å². The lowest BCUT2D eigenvalue weighted by molar-refractivity contribution is -0.133. The van der Waals surface area contributed by atoms with E-state index in [1.165, 1.54) is 25.7 Å². The number of carbonyl (C=O) groups excluding carboxylic acids is 1. The Balaban J connectivity index is 1.76. The van der Waals surface area contributed by atoms with Crippen LogP contribution in [0.5, 0.6) is 0 Å². The van der Waals surface area contributed by atoms with E-state index in [2.05, 4.69) is 22.1 Å². The van der Waals surface area contributed by atoms with E-state index in [1.54, 1.807) is 6.20 Å². The lowest BCUT2D eigenvalue weighted by Crippen LogP contribution is -2.56. The maximum Gasteiger partial charge on any atom is 0.241 e. The highest BCUT2D eigenvalue weighted by atomic mass is 16.2. The van der Waals surface area contributed by atoms with Crippen molar-refractivity contribution in [3.63, 3.8) is 0 Å². The Labute approximate surface area is 133 Å². The molecule has 1 amide bonds. The number of hydrogen-bond acceptors (Lipinski definition) is 3. The summed E-state index contributed by atoms with van der Waals surface area (Å²) in [6.45, 7) is 4.26. The second kappa shape index (κ2) is 6.78. The van der Waals surface area contributed by atoms with E-state index in [-0.39, 0.29) is 17.5 Å². The first-order chi connectivity index (χ1) is 10.8. The SMILES string of the molecule is CCC(NC(=O)C1(N2CCCC2)CCCC1)c1ccccn1. The summed E-state index contributed by atoms with van der Waals surface area (Å²) in [7, 11) is 0. The molecule has 1 aromatic heterocycles. The maximum absolute atomic E-state index is 13.1. The van der Waals surface area contributed by atoms with Crippen molar-refractivity contribution in [3.05, 3.63) is 30.1 Å². The van der Waals surface area contributed by atoms with Crippen LogP contribution in [0.25, 0.3) is 0 Å². The van der Waals surface area contributed by atoms with Crippen molar-refractivity contribution in [2.24, 2.45) is 0 Å². The fourth-order valence-corrected chi connectivity index (χ4v) is 4.05. The second-order valence-electron chi connectivity index (χ2n) is 6.62. The summed E-state index contributed by atoms with van der Waals surface area (Å²) in [6.07, 6.45) is 9.50. The van der Waals surface area contributed by atoms with Crippen LogP contribution in [0.1, 0.15) is 63.6 Å². The minimum absolute atomic E-state index is 0.0220. The Morgan fingerprint density at radius 1 is 1.27 bits per heavy atom. The number of rotatable bonds is 5. The van der Waals surface area contributed by atoms with E-state index < -0.39 is 0 Å². The molecule has 3 rings (SSSR count). The van der Waals surface area contributed by atoms with Crippen LogP contribution in [0.4, 0.5) is 0 Å². The molecule has 1 atom stereocenters. The minimum atomic E-state index is -0.251. The van der Waals surface area contributed by atoms with Crippen molar-refractivity contribution in [2.75, 3.05) is 13.1 Å². The molecule has 22 heavy (non-hydrogen) atoms. The maximum atomic E-state index is 13.1. The fraction of sp³-hybridized carbons (Fsp3) is 0.667. The van der Waals surface area contributed by atoms with Gasteiger partial charge in [0.2, 0.25) is 5.91 Å². The predicted octanol–water partition coefficient (Wildman–Crippen LogP) is 3.06. The van der Waals surface area contributed by atoms with Gasteiger partial charge in [-0.1, -0.05) is 25.8 Å². The monoisotopic (exact) mass is 301 g/mol. The Hall–Kier alpha value is -1.42. The van der Waals surface area contributed by atoms with Crippen LogP contribution in [-0.2, 0) is 4.79 Å². The molecule has 1 N–H and O–H groups in total. The van der Waals surface area contributed by atoms with Crippen LogP contribution >= 0.6 is 0 Å². The first-order valence-corrected chi connectivity index (χ1v) is 8.73. The standard InChI is InChI=1S/C18H27N3O/c1-2-15(16-9-3-6-12-19-16)20-17(22)18(10-4-5-11-18)21-13-7-8-14-21/h3,6,9,12,15H,2,4-5,7-8,10-11,13-14H2,1H3,(H,20,22). The number of carbonyl (C=O) groups is 1. The van der Waals surface area contributed by atoms with Gasteiger partial charge in [-0.15, -0.1) is 0 Å². The van der Waals surface area contributed by atoms with E-state index in [9.17, 15) is 4.79 Å². The molecule has 4 nitrogen and oxygen atoms in total. The molecular weight excluding hydrogens is 274 g/mol. The molecule has 1 aromatic rings. The zero-order valence-electron chi connectivity index (χ0n) is 13.6. The van der Waals surface area contributed by atoms with E-state index in [0.717, 1.165) is 38.0 Å². The molecule has 0 radical (unpaired) electrons. The Kier molecular flexibility index (Phi) is 4.77. The van der Waals surface area contributed by atoms with Gasteiger partial charge in [0.05, 0.1) is 11.7 Å². The number of pyridine rings is 1. The quantitative estimate of drug-likeness (QED) is 0.909. The number of nitrogens with one attached hydrogen (secondary N) is 1. The average Bonchev–Trinajstić information content (AvgIpc) is 3.24. The number of hydrogen-bond donors (Lipinski definition) is 1. The zero-order valence-corrected chi connectivity index (χ0v) is 13.6. The van der Waals surface area contributed by atoms with Crippen LogP contribution in [0.15, 0.2) is 24.4 Å². The summed E-state index contributed by atoms with van der Waals surface area (Å²) < 4.78 is 0. The fourth-order valence-electron chi connectivity index (χ4n) is 4.05. The van der Waals surface area contributed by atoms with Crippen molar-refractivity contribution >= 4 is 5.91 Å². The summed E-state index contributed by atoms with van der Waals surface area (Å²) in [5.41, 5.74) is 0.714. The van der Waals surface area contributed by atoms with Crippen LogP contribution in [0.2, 0.25) is 0 Å². The molecular formula is C18H27N3O. The third-order valence-corrected chi connectivity index (χ3v) is 5.32. The summed E-state index contributed by atoms with van der Waals surface area (Å²) in [6, 6.07) is 5.93. The molecule has 0 bridgehead atoms. The van der Waals surface area contributed by atoms with Crippen LogP contribution < -0.4 is 5.32 Å². The van der Waals surface area contributed by atoms with E-state index >= 15 is 0 Å². The number of likely N-dealkylation sites (tertiary alicyclic amines) is 1. The van der Waals surface area contributed by atoms with Crippen LogP contribution in [0, 0.1) is 0 Å². The largest absolute Gasteiger partial charge is 0.346 e. The molecule has 2 aliphatic rings. The van der Waals surface area contributed by atoms with Crippen LogP contribution in [0.3, 0.4) is 0 Å². The van der Waals surface area contributed by atoms with Gasteiger partial charge in [-0.3, -0.25) is 14.7 Å². The highest BCUT2D eigenvalue weighted by Crippen LogP contribution is 2.38.